The zero-order valence-electron chi connectivity index (χ0n) is 17.1. The zero-order valence-corrected chi connectivity index (χ0v) is 18.0. The summed E-state index contributed by atoms with van der Waals surface area (Å²) >= 11 is 1.69. The standard InChI is InChI=1S/C24H28N2O2S/c1-17(2)15-18-10-12-19(13-11-18)24(22-9-6-14-29-22)25-16-23(27)26-20-7-4-5-8-21(20)28-3/h4-14,17,24-25H,15-16H2,1-3H3,(H,26,27)/t24-/m0/s1. The normalized spacial score (nSPS) is 12.0. The van der Waals surface area contributed by atoms with Crippen LogP contribution in [0.15, 0.2) is 66.0 Å². The number of methoxy groups -OCH3 is 1. The highest BCUT2D eigenvalue weighted by Crippen LogP contribution is 2.27. The number of rotatable bonds is 9. The number of anilines is 1. The number of carbonyl (C=O) groups is 1. The number of ether oxygens (including phenoxy) is 1. The van der Waals surface area contributed by atoms with Crippen LogP contribution in [-0.4, -0.2) is 19.6 Å². The molecule has 0 aliphatic heterocycles. The highest BCUT2D eigenvalue weighted by molar-refractivity contribution is 7.10. The van der Waals surface area contributed by atoms with Crippen molar-refractivity contribution < 1.29 is 9.53 Å². The van der Waals surface area contributed by atoms with E-state index in [0.29, 0.717) is 17.4 Å². The number of benzene rings is 2. The zero-order chi connectivity index (χ0) is 20.6. The minimum absolute atomic E-state index is 0.0217. The second kappa shape index (κ2) is 10.2. The molecule has 2 N–H and O–H groups in total. The molecule has 2 aromatic carbocycles. The molecule has 0 bridgehead atoms. The van der Waals surface area contributed by atoms with Gasteiger partial charge >= 0.3 is 0 Å². The molecule has 0 saturated carbocycles. The van der Waals surface area contributed by atoms with Crippen LogP contribution in [-0.2, 0) is 11.2 Å². The maximum atomic E-state index is 12.5. The molecule has 0 spiro atoms. The van der Waals surface area contributed by atoms with Gasteiger partial charge in [-0.05, 0) is 47.0 Å². The molecule has 0 saturated heterocycles. The Morgan fingerprint density at radius 1 is 1.03 bits per heavy atom. The lowest BCUT2D eigenvalue weighted by molar-refractivity contribution is -0.115. The van der Waals surface area contributed by atoms with Gasteiger partial charge in [-0.3, -0.25) is 10.1 Å². The Kier molecular flexibility index (Phi) is 7.44. The molecule has 0 fully saturated rings. The van der Waals surface area contributed by atoms with Crippen LogP contribution >= 0.6 is 11.3 Å². The van der Waals surface area contributed by atoms with Crippen molar-refractivity contribution >= 4 is 22.9 Å². The van der Waals surface area contributed by atoms with Crippen molar-refractivity contribution in [2.45, 2.75) is 26.3 Å². The lowest BCUT2D eigenvalue weighted by Crippen LogP contribution is -2.31. The second-order valence-corrected chi connectivity index (χ2v) is 8.40. The number of amides is 1. The third kappa shape index (κ3) is 5.92. The molecule has 5 heteroatoms. The lowest BCUT2D eigenvalue weighted by atomic mass is 9.99. The molecule has 3 aromatic rings. The predicted octanol–water partition coefficient (Wildman–Crippen LogP) is 5.27. The summed E-state index contributed by atoms with van der Waals surface area (Å²) in [7, 11) is 1.60. The Bertz CT molecular complexity index is 905. The fourth-order valence-corrected chi connectivity index (χ4v) is 4.12. The Morgan fingerprint density at radius 3 is 2.45 bits per heavy atom. The van der Waals surface area contributed by atoms with E-state index in [1.807, 2.05) is 30.3 Å². The van der Waals surface area contributed by atoms with E-state index < -0.39 is 0 Å². The van der Waals surface area contributed by atoms with Crippen LogP contribution in [0.2, 0.25) is 0 Å². The molecule has 4 nitrogen and oxygen atoms in total. The van der Waals surface area contributed by atoms with Gasteiger partial charge in [0, 0.05) is 4.88 Å². The van der Waals surface area contributed by atoms with Crippen LogP contribution in [0.25, 0.3) is 0 Å². The third-order valence-corrected chi connectivity index (χ3v) is 5.57. The summed E-state index contributed by atoms with van der Waals surface area (Å²) in [5, 5.41) is 8.40. The van der Waals surface area contributed by atoms with Crippen LogP contribution in [0.4, 0.5) is 5.69 Å². The van der Waals surface area contributed by atoms with Gasteiger partial charge in [0.1, 0.15) is 5.75 Å². The molecular weight excluding hydrogens is 380 g/mol. The largest absolute Gasteiger partial charge is 0.495 e. The number of thiophene rings is 1. The van der Waals surface area contributed by atoms with Crippen molar-refractivity contribution in [1.29, 1.82) is 0 Å². The summed E-state index contributed by atoms with van der Waals surface area (Å²) in [5.41, 5.74) is 3.17. The van der Waals surface area contributed by atoms with Crippen molar-refractivity contribution in [3.8, 4) is 5.75 Å². The van der Waals surface area contributed by atoms with Crippen molar-refractivity contribution in [3.63, 3.8) is 0 Å². The minimum Gasteiger partial charge on any atom is -0.495 e. The number of carbonyl (C=O) groups excluding carboxylic acids is 1. The first-order valence-corrected chi connectivity index (χ1v) is 10.7. The van der Waals surface area contributed by atoms with Crippen LogP contribution in [0.5, 0.6) is 5.75 Å². The summed E-state index contributed by atoms with van der Waals surface area (Å²) in [6.45, 7) is 4.66. The van der Waals surface area contributed by atoms with E-state index in [0.717, 1.165) is 12.0 Å². The quantitative estimate of drug-likeness (QED) is 0.507. The van der Waals surface area contributed by atoms with E-state index in [1.54, 1.807) is 18.4 Å². The molecule has 3 rings (SSSR count). The highest BCUT2D eigenvalue weighted by Gasteiger charge is 2.17. The average Bonchev–Trinajstić information content (AvgIpc) is 3.24. The van der Waals surface area contributed by atoms with Crippen molar-refractivity contribution in [1.82, 2.24) is 5.32 Å². The molecular formula is C24H28N2O2S. The van der Waals surface area contributed by atoms with Crippen LogP contribution < -0.4 is 15.4 Å². The van der Waals surface area contributed by atoms with Gasteiger partial charge in [0.05, 0.1) is 25.4 Å². The maximum absolute atomic E-state index is 12.5. The number of para-hydroxylation sites is 2. The Hall–Kier alpha value is -2.63. The molecule has 29 heavy (non-hydrogen) atoms. The summed E-state index contributed by atoms with van der Waals surface area (Å²) < 4.78 is 5.31. The third-order valence-electron chi connectivity index (χ3n) is 4.63. The second-order valence-electron chi connectivity index (χ2n) is 7.42. The van der Waals surface area contributed by atoms with Gasteiger partial charge in [-0.1, -0.05) is 56.3 Å². The van der Waals surface area contributed by atoms with Crippen LogP contribution in [0.1, 0.15) is 35.9 Å². The monoisotopic (exact) mass is 408 g/mol. The fraction of sp³-hybridized carbons (Fsp3) is 0.292. The molecule has 0 aliphatic rings. The average molecular weight is 409 g/mol. The smallest absolute Gasteiger partial charge is 0.238 e. The maximum Gasteiger partial charge on any atom is 0.238 e. The van der Waals surface area contributed by atoms with E-state index in [9.17, 15) is 4.79 Å². The molecule has 152 valence electrons. The Labute approximate surface area is 176 Å². The van der Waals surface area contributed by atoms with Gasteiger partial charge < -0.3 is 10.1 Å². The SMILES string of the molecule is COc1ccccc1NC(=O)CN[C@@H](c1ccc(CC(C)C)cc1)c1cccs1. The van der Waals surface area contributed by atoms with Gasteiger partial charge in [0.25, 0.3) is 0 Å². The summed E-state index contributed by atoms with van der Waals surface area (Å²) in [5.74, 6) is 1.18. The lowest BCUT2D eigenvalue weighted by Gasteiger charge is -2.19. The van der Waals surface area contributed by atoms with E-state index in [-0.39, 0.29) is 18.5 Å². The van der Waals surface area contributed by atoms with Gasteiger partial charge in [-0.25, -0.2) is 0 Å². The first kappa shape index (κ1) is 21.1. The molecule has 1 amide bonds. The highest BCUT2D eigenvalue weighted by atomic mass is 32.1. The van der Waals surface area contributed by atoms with E-state index in [4.69, 9.17) is 4.74 Å². The van der Waals surface area contributed by atoms with Gasteiger partial charge in [-0.2, -0.15) is 0 Å². The molecule has 1 atom stereocenters. The van der Waals surface area contributed by atoms with Gasteiger partial charge in [0.15, 0.2) is 0 Å². The first-order chi connectivity index (χ1) is 14.1. The van der Waals surface area contributed by atoms with Gasteiger partial charge in [-0.15, -0.1) is 11.3 Å². The van der Waals surface area contributed by atoms with E-state index >= 15 is 0 Å². The van der Waals surface area contributed by atoms with Crippen LogP contribution in [0.3, 0.4) is 0 Å². The summed E-state index contributed by atoms with van der Waals surface area (Å²) in [6, 6.07) is 20.2. The Balaban J connectivity index is 1.69. The van der Waals surface area contributed by atoms with E-state index in [2.05, 4.69) is 60.2 Å². The van der Waals surface area contributed by atoms with Gasteiger partial charge in [0.2, 0.25) is 5.91 Å². The molecule has 1 aromatic heterocycles. The molecule has 0 radical (unpaired) electrons. The first-order valence-electron chi connectivity index (χ1n) is 9.85. The van der Waals surface area contributed by atoms with Crippen molar-refractivity contribution in [3.05, 3.63) is 82.0 Å². The molecule has 0 aliphatic carbocycles. The number of hydrogen-bond donors (Lipinski definition) is 2. The number of hydrogen-bond acceptors (Lipinski definition) is 4. The van der Waals surface area contributed by atoms with E-state index in [1.165, 1.54) is 10.4 Å². The predicted molar refractivity (Wildman–Crippen MR) is 121 cm³/mol. The topological polar surface area (TPSA) is 50.4 Å². The molecule has 0 unspecified atom stereocenters. The minimum atomic E-state index is -0.104. The van der Waals surface area contributed by atoms with Crippen molar-refractivity contribution in [2.75, 3.05) is 19.0 Å². The fourth-order valence-electron chi connectivity index (χ4n) is 3.29. The Morgan fingerprint density at radius 2 is 1.79 bits per heavy atom. The summed E-state index contributed by atoms with van der Waals surface area (Å²) in [4.78, 5) is 13.7. The van der Waals surface area contributed by atoms with Crippen molar-refractivity contribution in [2.24, 2.45) is 5.92 Å². The molecule has 1 heterocycles. The number of nitrogens with one attached hydrogen (secondary N) is 2. The summed E-state index contributed by atoms with van der Waals surface area (Å²) in [6.07, 6.45) is 1.07. The van der Waals surface area contributed by atoms with Crippen LogP contribution in [0, 0.1) is 5.92 Å².